The SMILES string of the molecule is Cc1cc(C)n(-c2ccccc2CN2CCN(C(=O)c3ccc[nH]3)CC2)n1. The number of benzene rings is 1. The van der Waals surface area contributed by atoms with Crippen molar-refractivity contribution in [2.24, 2.45) is 0 Å². The third kappa shape index (κ3) is 3.66. The molecule has 6 heteroatoms. The van der Waals surface area contributed by atoms with Crippen LogP contribution in [0.1, 0.15) is 27.4 Å². The van der Waals surface area contributed by atoms with Gasteiger partial charge in [0.05, 0.1) is 11.4 Å². The molecule has 27 heavy (non-hydrogen) atoms. The molecular weight excluding hydrogens is 338 g/mol. The second-order valence-corrected chi connectivity index (χ2v) is 7.12. The van der Waals surface area contributed by atoms with Gasteiger partial charge in [-0.1, -0.05) is 18.2 Å². The van der Waals surface area contributed by atoms with Gasteiger partial charge in [-0.2, -0.15) is 5.10 Å². The van der Waals surface area contributed by atoms with Crippen LogP contribution in [0, 0.1) is 13.8 Å². The van der Waals surface area contributed by atoms with Crippen LogP contribution in [0.15, 0.2) is 48.7 Å². The summed E-state index contributed by atoms with van der Waals surface area (Å²) >= 11 is 0. The third-order valence-electron chi connectivity index (χ3n) is 5.11. The molecule has 1 aliphatic heterocycles. The maximum Gasteiger partial charge on any atom is 0.270 e. The van der Waals surface area contributed by atoms with Crippen LogP contribution in [0.25, 0.3) is 5.69 Å². The van der Waals surface area contributed by atoms with E-state index in [-0.39, 0.29) is 5.91 Å². The molecule has 1 saturated heterocycles. The minimum absolute atomic E-state index is 0.0858. The molecule has 3 heterocycles. The van der Waals surface area contributed by atoms with E-state index in [4.69, 9.17) is 0 Å². The average molecular weight is 363 g/mol. The molecule has 140 valence electrons. The zero-order valence-electron chi connectivity index (χ0n) is 15.9. The Balaban J connectivity index is 1.44. The van der Waals surface area contributed by atoms with Crippen molar-refractivity contribution in [1.82, 2.24) is 24.6 Å². The highest BCUT2D eigenvalue weighted by Crippen LogP contribution is 2.19. The number of para-hydroxylation sites is 1. The van der Waals surface area contributed by atoms with Gasteiger partial charge in [0.25, 0.3) is 5.91 Å². The Morgan fingerprint density at radius 1 is 1.07 bits per heavy atom. The molecule has 0 radical (unpaired) electrons. The van der Waals surface area contributed by atoms with Crippen molar-refractivity contribution >= 4 is 5.91 Å². The molecule has 0 bridgehead atoms. The highest BCUT2D eigenvalue weighted by atomic mass is 16.2. The van der Waals surface area contributed by atoms with Gasteiger partial charge < -0.3 is 9.88 Å². The Morgan fingerprint density at radius 2 is 1.85 bits per heavy atom. The highest BCUT2D eigenvalue weighted by molar-refractivity contribution is 5.92. The van der Waals surface area contributed by atoms with E-state index in [1.54, 1.807) is 6.20 Å². The maximum atomic E-state index is 12.5. The lowest BCUT2D eigenvalue weighted by Crippen LogP contribution is -2.48. The van der Waals surface area contributed by atoms with Crippen molar-refractivity contribution < 1.29 is 4.79 Å². The Kier molecular flexibility index (Phi) is 4.81. The van der Waals surface area contributed by atoms with Crippen molar-refractivity contribution in [2.75, 3.05) is 26.2 Å². The molecule has 0 atom stereocenters. The Labute approximate surface area is 159 Å². The van der Waals surface area contributed by atoms with Gasteiger partial charge in [0.15, 0.2) is 0 Å². The van der Waals surface area contributed by atoms with Gasteiger partial charge in [-0.25, -0.2) is 4.68 Å². The molecule has 1 amide bonds. The van der Waals surface area contributed by atoms with E-state index in [1.165, 1.54) is 5.56 Å². The Bertz CT molecular complexity index is 920. The van der Waals surface area contributed by atoms with Gasteiger partial charge in [-0.15, -0.1) is 0 Å². The van der Waals surface area contributed by atoms with Gasteiger partial charge in [-0.05, 0) is 43.7 Å². The predicted molar refractivity (Wildman–Crippen MR) is 105 cm³/mol. The molecule has 1 fully saturated rings. The molecule has 1 aromatic carbocycles. The monoisotopic (exact) mass is 363 g/mol. The lowest BCUT2D eigenvalue weighted by atomic mass is 10.1. The van der Waals surface area contributed by atoms with Crippen LogP contribution in [0.5, 0.6) is 0 Å². The fourth-order valence-corrected chi connectivity index (χ4v) is 3.71. The summed E-state index contributed by atoms with van der Waals surface area (Å²) in [6.07, 6.45) is 1.79. The number of aromatic amines is 1. The molecule has 0 spiro atoms. The number of nitrogens with zero attached hydrogens (tertiary/aromatic N) is 4. The van der Waals surface area contributed by atoms with E-state index in [1.807, 2.05) is 28.6 Å². The van der Waals surface area contributed by atoms with Gasteiger partial charge in [0.2, 0.25) is 0 Å². The fourth-order valence-electron chi connectivity index (χ4n) is 3.71. The van der Waals surface area contributed by atoms with Crippen molar-refractivity contribution in [2.45, 2.75) is 20.4 Å². The van der Waals surface area contributed by atoms with Crippen LogP contribution in [0.4, 0.5) is 0 Å². The van der Waals surface area contributed by atoms with Crippen molar-refractivity contribution in [3.8, 4) is 5.69 Å². The number of hydrogen-bond donors (Lipinski definition) is 1. The first-order valence-corrected chi connectivity index (χ1v) is 9.38. The van der Waals surface area contributed by atoms with Crippen LogP contribution in [-0.4, -0.2) is 56.7 Å². The van der Waals surface area contributed by atoms with Crippen LogP contribution in [0.3, 0.4) is 0 Å². The van der Waals surface area contributed by atoms with Gasteiger partial charge in [0.1, 0.15) is 5.69 Å². The number of aromatic nitrogens is 3. The standard InChI is InChI=1S/C21H25N5O/c1-16-14-17(2)26(23-16)20-8-4-3-6-18(20)15-24-10-12-25(13-11-24)21(27)19-7-5-9-22-19/h3-9,14,22H,10-13,15H2,1-2H3. The van der Waals surface area contributed by atoms with Crippen LogP contribution < -0.4 is 0 Å². The number of carbonyl (C=O) groups is 1. The summed E-state index contributed by atoms with van der Waals surface area (Å²) < 4.78 is 2.02. The zero-order chi connectivity index (χ0) is 18.8. The largest absolute Gasteiger partial charge is 0.357 e. The van der Waals surface area contributed by atoms with E-state index in [9.17, 15) is 4.79 Å². The molecule has 0 aliphatic carbocycles. The number of carbonyl (C=O) groups excluding carboxylic acids is 1. The van der Waals surface area contributed by atoms with Gasteiger partial charge in [-0.3, -0.25) is 9.69 Å². The third-order valence-corrected chi connectivity index (χ3v) is 5.11. The number of nitrogens with one attached hydrogen (secondary N) is 1. The van der Waals surface area contributed by atoms with Crippen LogP contribution in [-0.2, 0) is 6.54 Å². The maximum absolute atomic E-state index is 12.5. The minimum atomic E-state index is 0.0858. The summed E-state index contributed by atoms with van der Waals surface area (Å²) in [6, 6.07) is 14.2. The van der Waals surface area contributed by atoms with E-state index >= 15 is 0 Å². The van der Waals surface area contributed by atoms with Crippen molar-refractivity contribution in [1.29, 1.82) is 0 Å². The quantitative estimate of drug-likeness (QED) is 0.775. The summed E-state index contributed by atoms with van der Waals surface area (Å²) in [5, 5.41) is 4.64. The molecule has 6 nitrogen and oxygen atoms in total. The van der Waals surface area contributed by atoms with E-state index in [2.05, 4.69) is 52.2 Å². The topological polar surface area (TPSA) is 57.2 Å². The van der Waals surface area contributed by atoms with Crippen molar-refractivity contribution in [3.63, 3.8) is 0 Å². The first-order chi connectivity index (χ1) is 13.1. The average Bonchev–Trinajstić information content (AvgIpc) is 3.32. The number of H-pyrrole nitrogens is 1. The van der Waals surface area contributed by atoms with Crippen molar-refractivity contribution in [3.05, 3.63) is 71.3 Å². The number of aryl methyl sites for hydroxylation is 2. The molecule has 2 aromatic heterocycles. The summed E-state index contributed by atoms with van der Waals surface area (Å²) in [7, 11) is 0. The smallest absolute Gasteiger partial charge is 0.270 e. The molecule has 4 rings (SSSR count). The normalized spacial score (nSPS) is 15.3. The predicted octanol–water partition coefficient (Wildman–Crippen LogP) is 2.78. The summed E-state index contributed by atoms with van der Waals surface area (Å²) in [5.74, 6) is 0.0858. The highest BCUT2D eigenvalue weighted by Gasteiger charge is 2.23. The van der Waals surface area contributed by atoms with E-state index in [0.29, 0.717) is 5.69 Å². The lowest BCUT2D eigenvalue weighted by Gasteiger charge is -2.34. The first kappa shape index (κ1) is 17.5. The molecular formula is C21H25N5O. The van der Waals surface area contributed by atoms with Crippen LogP contribution >= 0.6 is 0 Å². The van der Waals surface area contributed by atoms with Gasteiger partial charge >= 0.3 is 0 Å². The zero-order valence-corrected chi connectivity index (χ0v) is 15.9. The molecule has 1 aliphatic rings. The number of rotatable bonds is 4. The second-order valence-electron chi connectivity index (χ2n) is 7.12. The Morgan fingerprint density at radius 3 is 2.52 bits per heavy atom. The van der Waals surface area contributed by atoms with Gasteiger partial charge in [0, 0.05) is 44.6 Å². The fraction of sp³-hybridized carbons (Fsp3) is 0.333. The summed E-state index contributed by atoms with van der Waals surface area (Å²) in [6.45, 7) is 8.21. The lowest BCUT2D eigenvalue weighted by molar-refractivity contribution is 0.0623. The first-order valence-electron chi connectivity index (χ1n) is 9.38. The number of piperazine rings is 1. The minimum Gasteiger partial charge on any atom is -0.357 e. The molecule has 0 unspecified atom stereocenters. The number of amides is 1. The van der Waals surface area contributed by atoms with Crippen LogP contribution in [0.2, 0.25) is 0 Å². The summed E-state index contributed by atoms with van der Waals surface area (Å²) in [5.41, 5.74) is 5.22. The molecule has 0 saturated carbocycles. The Hall–Kier alpha value is -2.86. The summed E-state index contributed by atoms with van der Waals surface area (Å²) in [4.78, 5) is 19.8. The molecule has 1 N–H and O–H groups in total. The number of hydrogen-bond acceptors (Lipinski definition) is 3. The van der Waals surface area contributed by atoms with E-state index in [0.717, 1.165) is 49.8 Å². The second kappa shape index (κ2) is 7.40. The van der Waals surface area contributed by atoms with E-state index < -0.39 is 0 Å². The molecule has 3 aromatic rings.